The minimum Gasteiger partial charge on any atom is -0.466 e. The van der Waals surface area contributed by atoms with Crippen LogP contribution in [0.4, 0.5) is 5.82 Å². The molecular weight excluding hydrogens is 749 g/mol. The number of fused-ring (bicyclic) bond motifs is 1. The molecule has 0 aromatic carbocycles. The summed E-state index contributed by atoms with van der Waals surface area (Å²) >= 11 is 0. The molecule has 2 rings (SSSR count). The van der Waals surface area contributed by atoms with E-state index >= 15 is 0 Å². The highest BCUT2D eigenvalue weighted by molar-refractivity contribution is 5.93. The predicted molar refractivity (Wildman–Crippen MR) is 252 cm³/mol. The normalized spacial score (nSPS) is 12.6. The number of unbranched alkanes of at least 4 members (excludes halogenated alkanes) is 23. The number of nitrogens with two attached hydrogens (primary N) is 1. The molecule has 1 aliphatic heterocycles. The van der Waals surface area contributed by atoms with E-state index in [4.69, 9.17) is 15.2 Å². The van der Waals surface area contributed by atoms with Gasteiger partial charge in [0, 0.05) is 19.4 Å². The second kappa shape index (κ2) is 36.7. The zero-order valence-corrected chi connectivity index (χ0v) is 39.2. The van der Waals surface area contributed by atoms with E-state index in [9.17, 15) is 9.59 Å². The second-order valence-corrected chi connectivity index (χ2v) is 17.7. The number of ether oxygens (including phenoxy) is 2. The van der Waals surface area contributed by atoms with Crippen LogP contribution < -0.4 is 11.1 Å². The molecular formula is C50H92N6O4. The molecule has 0 radical (unpaired) electrons. The van der Waals surface area contributed by atoms with Gasteiger partial charge >= 0.3 is 11.9 Å². The molecule has 0 saturated heterocycles. The molecule has 10 heteroatoms. The van der Waals surface area contributed by atoms with E-state index in [1.165, 1.54) is 116 Å². The number of carbonyl (C=O) groups excluding carboxylic acids is 2. The number of nitrogens with one attached hydrogen (secondary N) is 1. The van der Waals surface area contributed by atoms with Gasteiger partial charge in [-0.3, -0.25) is 9.59 Å². The van der Waals surface area contributed by atoms with Gasteiger partial charge in [-0.25, -0.2) is 4.98 Å². The number of hydrogen-bond donors (Lipinski definition) is 2. The molecule has 0 amide bonds. The van der Waals surface area contributed by atoms with E-state index in [-0.39, 0.29) is 18.0 Å². The number of esters is 2. The fourth-order valence-electron chi connectivity index (χ4n) is 8.25. The van der Waals surface area contributed by atoms with Crippen LogP contribution in [0.1, 0.15) is 238 Å². The van der Waals surface area contributed by atoms with Gasteiger partial charge < -0.3 is 30.0 Å². The number of nitrogens with zero attached hydrogens (tertiary/aromatic N) is 4. The molecule has 1 aromatic rings. The van der Waals surface area contributed by atoms with Gasteiger partial charge in [0.05, 0.1) is 18.6 Å². The largest absolute Gasteiger partial charge is 0.466 e. The summed E-state index contributed by atoms with van der Waals surface area (Å²) in [7, 11) is 0. The Labute approximate surface area is 368 Å². The van der Waals surface area contributed by atoms with Crippen molar-refractivity contribution in [2.45, 2.75) is 245 Å². The van der Waals surface area contributed by atoms with Crippen LogP contribution in [0.25, 0.3) is 5.70 Å². The number of carbonyl (C=O) groups is 2. The molecule has 2 heterocycles. The van der Waals surface area contributed by atoms with E-state index in [1.807, 2.05) is 6.33 Å². The maximum atomic E-state index is 12.9. The van der Waals surface area contributed by atoms with E-state index in [2.05, 4.69) is 52.1 Å². The Hall–Kier alpha value is -2.88. The Morgan fingerprint density at radius 2 is 1.12 bits per heavy atom. The fraction of sp³-hybridized carbons (Fsp3) is 0.840. The van der Waals surface area contributed by atoms with E-state index in [0.717, 1.165) is 121 Å². The van der Waals surface area contributed by atoms with Crippen molar-refractivity contribution in [2.24, 2.45) is 10.7 Å². The van der Waals surface area contributed by atoms with Gasteiger partial charge in [0.15, 0.2) is 11.8 Å². The summed E-state index contributed by atoms with van der Waals surface area (Å²) in [6, 6.07) is 0. The molecule has 346 valence electrons. The SMILES string of the molecule is C=C1NC(N)=Nc2c1ncn2CCCN(CCCCCCCC(=O)OCCCCCCCC)CCCCCCCC(=O)OC(CCCCCCCC)CCCCCCCC. The van der Waals surface area contributed by atoms with Crippen molar-refractivity contribution in [1.82, 2.24) is 19.8 Å². The second-order valence-electron chi connectivity index (χ2n) is 17.7. The van der Waals surface area contributed by atoms with Crippen molar-refractivity contribution in [2.75, 3.05) is 26.2 Å². The van der Waals surface area contributed by atoms with Crippen LogP contribution in [-0.4, -0.2) is 64.7 Å². The molecule has 0 saturated carbocycles. The monoisotopic (exact) mass is 841 g/mol. The van der Waals surface area contributed by atoms with E-state index in [1.54, 1.807) is 0 Å². The van der Waals surface area contributed by atoms with Gasteiger partial charge in [-0.05, 0) is 83.8 Å². The number of imidazole rings is 1. The molecule has 1 aliphatic rings. The number of hydrogen-bond acceptors (Lipinski definition) is 9. The molecule has 60 heavy (non-hydrogen) atoms. The van der Waals surface area contributed by atoms with Crippen molar-refractivity contribution in [1.29, 1.82) is 0 Å². The minimum absolute atomic E-state index is 0.0136. The maximum absolute atomic E-state index is 12.9. The summed E-state index contributed by atoms with van der Waals surface area (Å²) in [6.45, 7) is 15.4. The Kier molecular flexibility index (Phi) is 32.6. The summed E-state index contributed by atoms with van der Waals surface area (Å²) in [6.07, 6.45) is 39.6. The van der Waals surface area contributed by atoms with Crippen LogP contribution in [0, 0.1) is 0 Å². The van der Waals surface area contributed by atoms with Gasteiger partial charge in [-0.1, -0.05) is 162 Å². The van der Waals surface area contributed by atoms with Crippen molar-refractivity contribution >= 4 is 29.4 Å². The molecule has 0 atom stereocenters. The summed E-state index contributed by atoms with van der Waals surface area (Å²) < 4.78 is 13.6. The van der Waals surface area contributed by atoms with Gasteiger partial charge in [-0.15, -0.1) is 0 Å². The summed E-state index contributed by atoms with van der Waals surface area (Å²) in [5.74, 6) is 1.12. The predicted octanol–water partition coefficient (Wildman–Crippen LogP) is 13.1. The average Bonchev–Trinajstić information content (AvgIpc) is 3.64. The van der Waals surface area contributed by atoms with Crippen LogP contribution in [-0.2, 0) is 25.6 Å². The Balaban J connectivity index is 1.70. The summed E-state index contributed by atoms with van der Waals surface area (Å²) in [5.41, 5.74) is 7.43. The maximum Gasteiger partial charge on any atom is 0.306 e. The van der Waals surface area contributed by atoms with Crippen molar-refractivity contribution in [3.63, 3.8) is 0 Å². The van der Waals surface area contributed by atoms with E-state index < -0.39 is 0 Å². The molecule has 10 nitrogen and oxygen atoms in total. The Morgan fingerprint density at radius 1 is 0.650 bits per heavy atom. The first-order valence-electron chi connectivity index (χ1n) is 25.3. The standard InChI is InChI=1S/C50H92N6O4/c1-5-8-11-14-19-26-34-45(35-27-20-15-12-9-6-2)60-47(58)37-29-22-18-24-31-39-55(40-33-41-56-43-52-48-44(4)53-50(51)54-49(48)56)38-30-23-17-21-28-36-46(57)59-42-32-25-16-13-10-7-3/h43,45H,4-42H2,1-3H3,(H3,51,53,54). The Morgan fingerprint density at radius 3 is 1.68 bits per heavy atom. The third-order valence-electron chi connectivity index (χ3n) is 12.0. The van der Waals surface area contributed by atoms with E-state index in [0.29, 0.717) is 31.1 Å². The zero-order valence-electron chi connectivity index (χ0n) is 39.2. The quantitative estimate of drug-likeness (QED) is 0.0493. The molecule has 0 spiro atoms. The van der Waals surface area contributed by atoms with Crippen LogP contribution in [0.5, 0.6) is 0 Å². The number of guanidine groups is 1. The topological polar surface area (TPSA) is 124 Å². The third kappa shape index (κ3) is 27.1. The van der Waals surface area contributed by atoms with Crippen molar-refractivity contribution in [3.8, 4) is 0 Å². The van der Waals surface area contributed by atoms with Crippen LogP contribution in [0.15, 0.2) is 17.9 Å². The number of rotatable bonds is 42. The summed E-state index contributed by atoms with van der Waals surface area (Å²) in [5, 5.41) is 2.97. The molecule has 0 aliphatic carbocycles. The molecule has 1 aromatic heterocycles. The van der Waals surface area contributed by atoms with Gasteiger partial charge in [0.1, 0.15) is 11.8 Å². The first-order chi connectivity index (χ1) is 29.4. The Bertz CT molecular complexity index is 1250. The van der Waals surface area contributed by atoms with Gasteiger partial charge in [0.2, 0.25) is 0 Å². The number of aliphatic imine (C=N–C) groups is 1. The highest BCUT2D eigenvalue weighted by Gasteiger charge is 2.19. The highest BCUT2D eigenvalue weighted by Crippen LogP contribution is 2.26. The van der Waals surface area contributed by atoms with Crippen LogP contribution >= 0.6 is 0 Å². The van der Waals surface area contributed by atoms with Gasteiger partial charge in [0.25, 0.3) is 0 Å². The lowest BCUT2D eigenvalue weighted by Crippen LogP contribution is -2.32. The van der Waals surface area contributed by atoms with Crippen LogP contribution in [0.2, 0.25) is 0 Å². The lowest BCUT2D eigenvalue weighted by molar-refractivity contribution is -0.150. The first-order valence-corrected chi connectivity index (χ1v) is 25.3. The fourth-order valence-corrected chi connectivity index (χ4v) is 8.25. The molecule has 0 fully saturated rings. The zero-order chi connectivity index (χ0) is 43.3. The lowest BCUT2D eigenvalue weighted by Gasteiger charge is -2.23. The molecule has 0 unspecified atom stereocenters. The highest BCUT2D eigenvalue weighted by atomic mass is 16.5. The summed E-state index contributed by atoms with van der Waals surface area (Å²) in [4.78, 5) is 36.7. The lowest BCUT2D eigenvalue weighted by atomic mass is 10.0. The van der Waals surface area contributed by atoms with Gasteiger partial charge in [-0.2, -0.15) is 4.99 Å². The third-order valence-corrected chi connectivity index (χ3v) is 12.0. The smallest absolute Gasteiger partial charge is 0.306 e. The number of aromatic nitrogens is 2. The average molecular weight is 841 g/mol. The molecule has 0 bridgehead atoms. The van der Waals surface area contributed by atoms with Crippen molar-refractivity contribution in [3.05, 3.63) is 18.6 Å². The number of aryl methyl sites for hydroxylation is 1. The minimum atomic E-state index is -0.0333. The van der Waals surface area contributed by atoms with Crippen LogP contribution in [0.3, 0.4) is 0 Å². The molecule has 3 N–H and O–H groups in total. The first kappa shape index (κ1) is 53.3. The van der Waals surface area contributed by atoms with Crippen molar-refractivity contribution < 1.29 is 19.1 Å².